The van der Waals surface area contributed by atoms with E-state index in [1.165, 1.54) is 24.9 Å². The minimum absolute atomic E-state index is 0.0372. The first-order valence-electron chi connectivity index (χ1n) is 6.59. The van der Waals surface area contributed by atoms with Gasteiger partial charge in [0.1, 0.15) is 11.5 Å². The quantitative estimate of drug-likeness (QED) is 0.596. The maximum absolute atomic E-state index is 7.42. The molecule has 1 aliphatic rings. The molecule has 0 amide bonds. The van der Waals surface area contributed by atoms with E-state index in [9.17, 15) is 0 Å². The molecule has 3 N–H and O–H groups in total. The van der Waals surface area contributed by atoms with Crippen molar-refractivity contribution in [2.45, 2.75) is 39.3 Å². The average molecular weight is 246 g/mol. The molecule has 0 unspecified atom stereocenters. The van der Waals surface area contributed by atoms with Gasteiger partial charge < -0.3 is 5.73 Å². The third-order valence-corrected chi connectivity index (χ3v) is 3.41. The minimum Gasteiger partial charge on any atom is -0.382 e. The second kappa shape index (κ2) is 5.48. The van der Waals surface area contributed by atoms with Gasteiger partial charge in [-0.15, -0.1) is 0 Å². The van der Waals surface area contributed by atoms with Crippen LogP contribution < -0.4 is 5.73 Å². The average Bonchev–Trinajstić information content (AvgIpc) is 3.12. The molecule has 0 spiro atoms. The highest BCUT2D eigenvalue weighted by atomic mass is 15.1. The third kappa shape index (κ3) is 3.53. The molecule has 0 radical (unpaired) electrons. The lowest BCUT2D eigenvalue weighted by Gasteiger charge is -2.26. The van der Waals surface area contributed by atoms with E-state index < -0.39 is 0 Å². The zero-order chi connectivity index (χ0) is 13.1. The highest BCUT2D eigenvalue weighted by Crippen LogP contribution is 2.30. The normalized spacial score (nSPS) is 15.3. The maximum atomic E-state index is 7.42. The van der Waals surface area contributed by atoms with Crippen LogP contribution in [-0.2, 0) is 6.54 Å². The fourth-order valence-corrected chi connectivity index (χ4v) is 2.04. The minimum atomic E-state index is 0.0372. The van der Waals surface area contributed by atoms with Gasteiger partial charge in [-0.25, -0.2) is 0 Å². The van der Waals surface area contributed by atoms with Crippen molar-refractivity contribution in [2.24, 2.45) is 11.7 Å². The van der Waals surface area contributed by atoms with Crippen LogP contribution in [0.5, 0.6) is 0 Å². The lowest BCUT2D eigenvalue weighted by Crippen LogP contribution is -2.32. The number of nitrogens with two attached hydrogens (primary N) is 1. The van der Waals surface area contributed by atoms with E-state index in [4.69, 9.17) is 11.1 Å². The first-order valence-corrected chi connectivity index (χ1v) is 6.59. The first-order chi connectivity index (χ1) is 8.56. The van der Waals surface area contributed by atoms with Gasteiger partial charge in [0.25, 0.3) is 0 Å². The van der Waals surface area contributed by atoms with Crippen LogP contribution in [0, 0.1) is 11.3 Å². The molecule has 1 aromatic rings. The van der Waals surface area contributed by atoms with Crippen LogP contribution in [0.2, 0.25) is 0 Å². The number of nitrogens with one attached hydrogen (secondary N) is 1. The van der Waals surface area contributed by atoms with Crippen LogP contribution in [0.4, 0.5) is 0 Å². The van der Waals surface area contributed by atoms with Crippen molar-refractivity contribution in [1.29, 1.82) is 5.41 Å². The molecule has 0 bridgehead atoms. The number of pyridine rings is 1. The van der Waals surface area contributed by atoms with Crippen LogP contribution >= 0.6 is 0 Å². The molecule has 0 aliphatic heterocycles. The monoisotopic (exact) mass is 246 g/mol. The molecule has 1 heterocycles. The Morgan fingerprint density at radius 2 is 2.28 bits per heavy atom. The molecule has 18 heavy (non-hydrogen) atoms. The lowest BCUT2D eigenvalue weighted by molar-refractivity contribution is 0.204. The molecule has 0 aromatic carbocycles. The Hall–Kier alpha value is -1.42. The summed E-state index contributed by atoms with van der Waals surface area (Å²) >= 11 is 0. The van der Waals surface area contributed by atoms with Crippen molar-refractivity contribution >= 4 is 5.84 Å². The zero-order valence-corrected chi connectivity index (χ0v) is 11.2. The number of nitrogens with zero attached hydrogens (tertiary/aromatic N) is 2. The molecule has 0 saturated heterocycles. The van der Waals surface area contributed by atoms with E-state index in [2.05, 4.69) is 23.7 Å². The predicted molar refractivity (Wildman–Crippen MR) is 73.5 cm³/mol. The third-order valence-electron chi connectivity index (χ3n) is 3.41. The lowest BCUT2D eigenvalue weighted by atomic mass is 10.1. The van der Waals surface area contributed by atoms with E-state index in [-0.39, 0.29) is 5.84 Å². The molecule has 1 fully saturated rings. The Morgan fingerprint density at radius 3 is 2.83 bits per heavy atom. The smallest absolute Gasteiger partial charge is 0.141 e. The van der Waals surface area contributed by atoms with Crippen molar-refractivity contribution < 1.29 is 0 Å². The predicted octanol–water partition coefficient (Wildman–Crippen LogP) is 1.99. The van der Waals surface area contributed by atoms with Gasteiger partial charge in [-0.3, -0.25) is 15.3 Å². The molecular formula is C14H22N4. The number of aromatic nitrogens is 1. The Bertz CT molecular complexity index is 424. The summed E-state index contributed by atoms with van der Waals surface area (Å²) in [7, 11) is 0. The molecule has 2 rings (SSSR count). The summed E-state index contributed by atoms with van der Waals surface area (Å²) in [4.78, 5) is 6.58. The number of rotatable bonds is 6. The van der Waals surface area contributed by atoms with Gasteiger partial charge in [-0.1, -0.05) is 0 Å². The second-order valence-electron chi connectivity index (χ2n) is 5.43. The Kier molecular flexibility index (Phi) is 3.97. The fourth-order valence-electron chi connectivity index (χ4n) is 2.04. The number of nitrogen functional groups attached to an aromatic ring is 1. The zero-order valence-electron chi connectivity index (χ0n) is 11.2. The number of amidine groups is 1. The summed E-state index contributed by atoms with van der Waals surface area (Å²) in [6.45, 7) is 6.55. The van der Waals surface area contributed by atoms with Crippen molar-refractivity contribution in [3.05, 3.63) is 29.6 Å². The molecule has 98 valence electrons. The van der Waals surface area contributed by atoms with Crippen molar-refractivity contribution in [1.82, 2.24) is 9.88 Å². The summed E-state index contributed by atoms with van der Waals surface area (Å²) in [5.74, 6) is 0.927. The molecule has 1 saturated carbocycles. The van der Waals surface area contributed by atoms with Crippen LogP contribution in [0.1, 0.15) is 37.9 Å². The molecule has 0 atom stereocenters. The van der Waals surface area contributed by atoms with Crippen molar-refractivity contribution in [2.75, 3.05) is 6.54 Å². The molecular weight excluding hydrogens is 224 g/mol. The highest BCUT2D eigenvalue weighted by Gasteiger charge is 2.25. The van der Waals surface area contributed by atoms with Crippen LogP contribution in [0.15, 0.2) is 18.3 Å². The van der Waals surface area contributed by atoms with E-state index in [0.717, 1.165) is 12.5 Å². The summed E-state index contributed by atoms with van der Waals surface area (Å²) in [6.07, 6.45) is 4.48. The van der Waals surface area contributed by atoms with Gasteiger partial charge in [0.05, 0.1) is 0 Å². The Morgan fingerprint density at radius 1 is 1.56 bits per heavy atom. The molecule has 1 aliphatic carbocycles. The SMILES string of the molecule is CC(C)N(Cc1ccnc(C(=N)N)c1)CC1CC1. The second-order valence-corrected chi connectivity index (χ2v) is 5.43. The molecule has 4 nitrogen and oxygen atoms in total. The molecule has 4 heteroatoms. The Balaban J connectivity index is 2.05. The van der Waals surface area contributed by atoms with Gasteiger partial charge in [0, 0.05) is 25.3 Å². The van der Waals surface area contributed by atoms with Gasteiger partial charge in [-0.2, -0.15) is 0 Å². The summed E-state index contributed by atoms with van der Waals surface area (Å²) < 4.78 is 0. The number of hydrogen-bond acceptors (Lipinski definition) is 3. The largest absolute Gasteiger partial charge is 0.382 e. The van der Waals surface area contributed by atoms with Crippen LogP contribution in [0.3, 0.4) is 0 Å². The van der Waals surface area contributed by atoms with Crippen molar-refractivity contribution in [3.63, 3.8) is 0 Å². The van der Waals surface area contributed by atoms with E-state index in [0.29, 0.717) is 11.7 Å². The summed E-state index contributed by atoms with van der Waals surface area (Å²) in [5.41, 5.74) is 7.23. The number of hydrogen-bond donors (Lipinski definition) is 2. The highest BCUT2D eigenvalue weighted by molar-refractivity contribution is 5.93. The van der Waals surface area contributed by atoms with Gasteiger partial charge in [0.2, 0.25) is 0 Å². The summed E-state index contributed by atoms with van der Waals surface area (Å²) in [5, 5.41) is 7.42. The summed E-state index contributed by atoms with van der Waals surface area (Å²) in [6, 6.07) is 4.47. The maximum Gasteiger partial charge on any atom is 0.141 e. The van der Waals surface area contributed by atoms with Gasteiger partial charge in [-0.05, 0) is 50.3 Å². The van der Waals surface area contributed by atoms with Gasteiger partial charge >= 0.3 is 0 Å². The topological polar surface area (TPSA) is 66.0 Å². The fraction of sp³-hybridized carbons (Fsp3) is 0.571. The van der Waals surface area contributed by atoms with Crippen molar-refractivity contribution in [3.8, 4) is 0 Å². The van der Waals surface area contributed by atoms with E-state index in [1.54, 1.807) is 6.20 Å². The van der Waals surface area contributed by atoms with Crippen LogP contribution in [-0.4, -0.2) is 28.3 Å². The molecule has 1 aromatic heterocycles. The van der Waals surface area contributed by atoms with E-state index >= 15 is 0 Å². The first kappa shape index (κ1) is 13.0. The van der Waals surface area contributed by atoms with E-state index in [1.807, 2.05) is 12.1 Å². The Labute approximate surface area is 109 Å². The van der Waals surface area contributed by atoms with Crippen LogP contribution in [0.25, 0.3) is 0 Å². The van der Waals surface area contributed by atoms with Gasteiger partial charge in [0.15, 0.2) is 0 Å². The standard InChI is InChI=1S/C14H22N4/c1-10(2)18(8-11-3-4-11)9-12-5-6-17-13(7-12)14(15)16/h5-7,10-11H,3-4,8-9H2,1-2H3,(H3,15,16).